The van der Waals surface area contributed by atoms with Crippen LogP contribution in [0.3, 0.4) is 0 Å². The fraction of sp³-hybridized carbons (Fsp3) is 0.375. The molecule has 2 N–H and O–H groups in total. The SMILES string of the molecule is CCCCOC(=O)C1=C(C)NC(=O)N[C@@H]1c1ccc(F)cc1. The molecule has 0 saturated carbocycles. The molecule has 0 bridgehead atoms. The first kappa shape index (κ1) is 16.0. The van der Waals surface area contributed by atoms with Gasteiger partial charge in [0.25, 0.3) is 0 Å². The van der Waals surface area contributed by atoms with Crippen molar-refractivity contribution in [2.75, 3.05) is 6.61 Å². The van der Waals surface area contributed by atoms with Crippen LogP contribution in [-0.2, 0) is 9.53 Å². The van der Waals surface area contributed by atoms with Crippen LogP contribution >= 0.6 is 0 Å². The Kier molecular flexibility index (Phi) is 5.14. The summed E-state index contributed by atoms with van der Waals surface area (Å²) >= 11 is 0. The number of rotatable bonds is 5. The van der Waals surface area contributed by atoms with Crippen LogP contribution in [0.2, 0.25) is 0 Å². The monoisotopic (exact) mass is 306 g/mol. The molecular formula is C16H19FN2O3. The molecule has 0 aliphatic carbocycles. The molecular weight excluding hydrogens is 287 g/mol. The molecule has 1 aliphatic heterocycles. The molecule has 0 saturated heterocycles. The Balaban J connectivity index is 2.28. The fourth-order valence-electron chi connectivity index (χ4n) is 2.26. The highest BCUT2D eigenvalue weighted by atomic mass is 19.1. The third-order valence-corrected chi connectivity index (χ3v) is 3.42. The van der Waals surface area contributed by atoms with Crippen LogP contribution in [-0.4, -0.2) is 18.6 Å². The zero-order chi connectivity index (χ0) is 16.1. The zero-order valence-electron chi connectivity index (χ0n) is 12.6. The van der Waals surface area contributed by atoms with Crippen molar-refractivity contribution < 1.29 is 18.7 Å². The number of carbonyl (C=O) groups excluding carboxylic acids is 2. The number of allylic oxidation sites excluding steroid dienone is 1. The first-order valence-corrected chi connectivity index (χ1v) is 7.23. The fourth-order valence-corrected chi connectivity index (χ4v) is 2.26. The van der Waals surface area contributed by atoms with Gasteiger partial charge in [-0.3, -0.25) is 0 Å². The van der Waals surface area contributed by atoms with Crippen LogP contribution in [0.5, 0.6) is 0 Å². The van der Waals surface area contributed by atoms with Crippen LogP contribution in [0.15, 0.2) is 35.5 Å². The molecule has 0 radical (unpaired) electrons. The Morgan fingerprint density at radius 1 is 1.32 bits per heavy atom. The van der Waals surface area contributed by atoms with Crippen molar-refractivity contribution in [3.63, 3.8) is 0 Å². The van der Waals surface area contributed by atoms with E-state index in [0.717, 1.165) is 12.8 Å². The molecule has 22 heavy (non-hydrogen) atoms. The van der Waals surface area contributed by atoms with Gasteiger partial charge in [-0.05, 0) is 31.0 Å². The molecule has 6 heteroatoms. The van der Waals surface area contributed by atoms with Crippen LogP contribution in [0, 0.1) is 5.82 Å². The Morgan fingerprint density at radius 3 is 2.64 bits per heavy atom. The lowest BCUT2D eigenvalue weighted by atomic mass is 9.95. The first-order valence-electron chi connectivity index (χ1n) is 7.23. The lowest BCUT2D eigenvalue weighted by Crippen LogP contribution is -2.45. The number of halogens is 1. The van der Waals surface area contributed by atoms with E-state index in [1.54, 1.807) is 6.92 Å². The van der Waals surface area contributed by atoms with E-state index in [9.17, 15) is 14.0 Å². The summed E-state index contributed by atoms with van der Waals surface area (Å²) in [4.78, 5) is 24.0. The molecule has 1 atom stereocenters. The normalized spacial score (nSPS) is 17.8. The minimum atomic E-state index is -0.650. The topological polar surface area (TPSA) is 67.4 Å². The number of hydrogen-bond acceptors (Lipinski definition) is 3. The molecule has 2 rings (SSSR count). The number of amides is 2. The van der Waals surface area contributed by atoms with Gasteiger partial charge in [0.05, 0.1) is 18.2 Å². The molecule has 0 aromatic heterocycles. The van der Waals surface area contributed by atoms with Crippen LogP contribution in [0.1, 0.15) is 38.3 Å². The number of hydrogen-bond donors (Lipinski definition) is 2. The van der Waals surface area contributed by atoms with Gasteiger partial charge in [0, 0.05) is 5.70 Å². The van der Waals surface area contributed by atoms with Gasteiger partial charge < -0.3 is 15.4 Å². The summed E-state index contributed by atoms with van der Waals surface area (Å²) in [5.74, 6) is -0.857. The van der Waals surface area contributed by atoms with E-state index in [4.69, 9.17) is 4.74 Å². The largest absolute Gasteiger partial charge is 0.462 e. The molecule has 118 valence electrons. The van der Waals surface area contributed by atoms with E-state index in [0.29, 0.717) is 23.4 Å². The van der Waals surface area contributed by atoms with Gasteiger partial charge in [0.2, 0.25) is 0 Å². The summed E-state index contributed by atoms with van der Waals surface area (Å²) in [5, 5.41) is 5.24. The molecule has 0 spiro atoms. The molecule has 1 aromatic rings. The summed E-state index contributed by atoms with van der Waals surface area (Å²) in [6.45, 7) is 3.98. The number of carbonyl (C=O) groups is 2. The summed E-state index contributed by atoms with van der Waals surface area (Å²) in [5.41, 5.74) is 1.40. The van der Waals surface area contributed by atoms with E-state index in [1.165, 1.54) is 24.3 Å². The smallest absolute Gasteiger partial charge is 0.338 e. The van der Waals surface area contributed by atoms with Crippen molar-refractivity contribution in [3.8, 4) is 0 Å². The van der Waals surface area contributed by atoms with E-state index in [2.05, 4.69) is 10.6 Å². The Morgan fingerprint density at radius 2 is 2.00 bits per heavy atom. The van der Waals surface area contributed by atoms with Gasteiger partial charge in [-0.2, -0.15) is 0 Å². The van der Waals surface area contributed by atoms with Gasteiger partial charge in [0.15, 0.2) is 0 Å². The van der Waals surface area contributed by atoms with Crippen molar-refractivity contribution in [2.24, 2.45) is 0 Å². The maximum atomic E-state index is 13.1. The second kappa shape index (κ2) is 7.06. The van der Waals surface area contributed by atoms with Gasteiger partial charge >= 0.3 is 12.0 Å². The van der Waals surface area contributed by atoms with E-state index >= 15 is 0 Å². The number of urea groups is 1. The van der Waals surface area contributed by atoms with Crippen LogP contribution < -0.4 is 10.6 Å². The van der Waals surface area contributed by atoms with Crippen molar-refractivity contribution in [1.29, 1.82) is 0 Å². The summed E-state index contributed by atoms with van der Waals surface area (Å²) < 4.78 is 18.3. The minimum absolute atomic E-state index is 0.330. The maximum Gasteiger partial charge on any atom is 0.338 e. The van der Waals surface area contributed by atoms with Gasteiger partial charge in [0.1, 0.15) is 5.82 Å². The molecule has 1 aromatic carbocycles. The van der Waals surface area contributed by atoms with E-state index in [1.807, 2.05) is 6.92 Å². The van der Waals surface area contributed by atoms with Crippen molar-refractivity contribution >= 4 is 12.0 Å². The molecule has 1 aliphatic rings. The summed E-state index contributed by atoms with van der Waals surface area (Å²) in [7, 11) is 0. The molecule has 2 amide bonds. The second-order valence-electron chi connectivity index (χ2n) is 5.11. The van der Waals surface area contributed by atoms with Crippen molar-refractivity contribution in [2.45, 2.75) is 32.7 Å². The number of nitrogens with one attached hydrogen (secondary N) is 2. The van der Waals surface area contributed by atoms with Gasteiger partial charge in [-0.1, -0.05) is 25.5 Å². The van der Waals surface area contributed by atoms with Gasteiger partial charge in [-0.15, -0.1) is 0 Å². The number of unbranched alkanes of at least 4 members (excludes halogenated alkanes) is 1. The van der Waals surface area contributed by atoms with E-state index in [-0.39, 0.29) is 5.82 Å². The number of ether oxygens (including phenoxy) is 1. The first-order chi connectivity index (χ1) is 10.5. The third-order valence-electron chi connectivity index (χ3n) is 3.42. The minimum Gasteiger partial charge on any atom is -0.462 e. The lowest BCUT2D eigenvalue weighted by Gasteiger charge is -2.28. The average Bonchev–Trinajstić information content (AvgIpc) is 2.47. The highest BCUT2D eigenvalue weighted by molar-refractivity contribution is 5.95. The van der Waals surface area contributed by atoms with Crippen LogP contribution in [0.4, 0.5) is 9.18 Å². The highest BCUT2D eigenvalue weighted by Gasteiger charge is 2.32. The zero-order valence-corrected chi connectivity index (χ0v) is 12.6. The predicted molar refractivity (Wildman–Crippen MR) is 79.4 cm³/mol. The second-order valence-corrected chi connectivity index (χ2v) is 5.11. The van der Waals surface area contributed by atoms with E-state index < -0.39 is 18.0 Å². The van der Waals surface area contributed by atoms with Crippen molar-refractivity contribution in [3.05, 3.63) is 46.9 Å². The summed E-state index contributed by atoms with van der Waals surface area (Å²) in [6.07, 6.45) is 1.70. The average molecular weight is 306 g/mol. The molecule has 5 nitrogen and oxygen atoms in total. The predicted octanol–water partition coefficient (Wildman–Crippen LogP) is 2.80. The quantitative estimate of drug-likeness (QED) is 0.649. The molecule has 1 heterocycles. The Hall–Kier alpha value is -2.37. The lowest BCUT2D eigenvalue weighted by molar-refractivity contribution is -0.139. The third kappa shape index (κ3) is 3.63. The Bertz CT molecular complexity index is 596. The summed E-state index contributed by atoms with van der Waals surface area (Å²) in [6, 6.07) is 4.61. The molecule has 0 unspecified atom stereocenters. The Labute approximate surface area is 128 Å². The molecule has 0 fully saturated rings. The van der Waals surface area contributed by atoms with Crippen LogP contribution in [0.25, 0.3) is 0 Å². The number of benzene rings is 1. The highest BCUT2D eigenvalue weighted by Crippen LogP contribution is 2.27. The standard InChI is InChI=1S/C16H19FN2O3/c1-3-4-9-22-15(20)13-10(2)18-16(21)19-14(13)11-5-7-12(17)8-6-11/h5-8,14H,3-4,9H2,1-2H3,(H2,18,19,21)/t14-/m1/s1. The van der Waals surface area contributed by atoms with Crippen molar-refractivity contribution in [1.82, 2.24) is 10.6 Å². The van der Waals surface area contributed by atoms with Gasteiger partial charge in [-0.25, -0.2) is 14.0 Å². The maximum absolute atomic E-state index is 13.1. The number of esters is 1.